The van der Waals surface area contributed by atoms with Crippen molar-refractivity contribution in [3.63, 3.8) is 0 Å². The highest BCUT2D eigenvalue weighted by atomic mass is 35.5. The van der Waals surface area contributed by atoms with Crippen LogP contribution in [0.25, 0.3) is 0 Å². The molecule has 0 aliphatic heterocycles. The molecule has 148 valence electrons. The maximum absolute atomic E-state index is 12.4. The SMILES string of the molecule is CCN(CCCC(=O)C1CCCCC1)[C@@H](C)Cc1ccc(OC)cc1.Cl. The number of hydrogen-bond donors (Lipinski definition) is 0. The third-order valence-corrected chi connectivity index (χ3v) is 5.65. The molecule has 0 N–H and O–H groups in total. The number of methoxy groups -OCH3 is 1. The van der Waals surface area contributed by atoms with Gasteiger partial charge in [-0.3, -0.25) is 4.79 Å². The fraction of sp³-hybridized carbons (Fsp3) is 0.682. The van der Waals surface area contributed by atoms with Crippen molar-refractivity contribution < 1.29 is 9.53 Å². The third-order valence-electron chi connectivity index (χ3n) is 5.65. The van der Waals surface area contributed by atoms with E-state index in [2.05, 4.69) is 30.9 Å². The quantitative estimate of drug-likeness (QED) is 0.550. The Kier molecular flexibility index (Phi) is 10.9. The van der Waals surface area contributed by atoms with Crippen molar-refractivity contribution in [3.05, 3.63) is 29.8 Å². The van der Waals surface area contributed by atoms with Crippen LogP contribution in [0, 0.1) is 5.92 Å². The molecular weight excluding hydrogens is 346 g/mol. The zero-order chi connectivity index (χ0) is 18.1. The number of carbonyl (C=O) groups is 1. The molecule has 1 fully saturated rings. The molecular formula is C22H36ClNO2. The predicted octanol–water partition coefficient (Wildman–Crippen LogP) is 5.30. The van der Waals surface area contributed by atoms with Crippen molar-refractivity contribution >= 4 is 18.2 Å². The van der Waals surface area contributed by atoms with Crippen LogP contribution in [0.15, 0.2) is 24.3 Å². The molecule has 4 heteroatoms. The molecule has 1 aliphatic carbocycles. The summed E-state index contributed by atoms with van der Waals surface area (Å²) in [5.74, 6) is 1.78. The third kappa shape index (κ3) is 7.28. The molecule has 0 radical (unpaired) electrons. The Labute approximate surface area is 165 Å². The first-order valence-corrected chi connectivity index (χ1v) is 10.0. The van der Waals surface area contributed by atoms with Crippen LogP contribution >= 0.6 is 12.4 Å². The Balaban J connectivity index is 0.00000338. The van der Waals surface area contributed by atoms with Gasteiger partial charge in [0.2, 0.25) is 0 Å². The van der Waals surface area contributed by atoms with Crippen LogP contribution in [0.1, 0.15) is 64.4 Å². The van der Waals surface area contributed by atoms with Gasteiger partial charge in [0.05, 0.1) is 7.11 Å². The molecule has 1 aliphatic rings. The second-order valence-electron chi connectivity index (χ2n) is 7.43. The summed E-state index contributed by atoms with van der Waals surface area (Å²) in [7, 11) is 1.70. The Morgan fingerprint density at radius 2 is 1.85 bits per heavy atom. The molecule has 3 nitrogen and oxygen atoms in total. The van der Waals surface area contributed by atoms with E-state index >= 15 is 0 Å². The van der Waals surface area contributed by atoms with Gasteiger partial charge in [-0.1, -0.05) is 38.3 Å². The molecule has 0 bridgehead atoms. The first-order valence-electron chi connectivity index (χ1n) is 10.0. The molecule has 1 saturated carbocycles. The van der Waals surface area contributed by atoms with E-state index in [1.54, 1.807) is 7.11 Å². The summed E-state index contributed by atoms with van der Waals surface area (Å²) in [6.07, 6.45) is 8.86. The van der Waals surface area contributed by atoms with E-state index in [4.69, 9.17) is 4.74 Å². The number of benzene rings is 1. The van der Waals surface area contributed by atoms with Gasteiger partial charge in [-0.05, 0) is 63.4 Å². The van der Waals surface area contributed by atoms with Gasteiger partial charge >= 0.3 is 0 Å². The summed E-state index contributed by atoms with van der Waals surface area (Å²) < 4.78 is 5.23. The first-order chi connectivity index (χ1) is 12.1. The maximum atomic E-state index is 12.4. The van der Waals surface area contributed by atoms with Gasteiger partial charge in [-0.25, -0.2) is 0 Å². The lowest BCUT2D eigenvalue weighted by atomic mass is 9.85. The van der Waals surface area contributed by atoms with Gasteiger partial charge in [0.1, 0.15) is 11.5 Å². The average Bonchev–Trinajstić information content (AvgIpc) is 2.66. The second-order valence-corrected chi connectivity index (χ2v) is 7.43. The molecule has 0 heterocycles. The standard InChI is InChI=1S/C22H35NO2.ClH/c1-4-23(16-8-11-22(24)20-9-6-5-7-10-20)18(2)17-19-12-14-21(25-3)15-13-19;/h12-15,18,20H,4-11,16-17H2,1-3H3;1H/t18-;/m0./s1. The summed E-state index contributed by atoms with van der Waals surface area (Å²) in [6.45, 7) is 6.56. The van der Waals surface area contributed by atoms with Gasteiger partial charge in [-0.15, -0.1) is 12.4 Å². The van der Waals surface area contributed by atoms with Crippen molar-refractivity contribution in [2.75, 3.05) is 20.2 Å². The number of carbonyl (C=O) groups excluding carboxylic acids is 1. The van der Waals surface area contributed by atoms with Crippen LogP contribution < -0.4 is 4.74 Å². The number of Topliss-reactive ketones (excluding diaryl/α,β-unsaturated/α-hetero) is 1. The molecule has 1 aromatic carbocycles. The highest BCUT2D eigenvalue weighted by Crippen LogP contribution is 2.25. The van der Waals surface area contributed by atoms with Gasteiger partial charge in [0.25, 0.3) is 0 Å². The first kappa shape index (κ1) is 23.0. The number of rotatable bonds is 10. The number of halogens is 1. The fourth-order valence-corrected chi connectivity index (χ4v) is 4.01. The summed E-state index contributed by atoms with van der Waals surface area (Å²) in [4.78, 5) is 14.9. The number of nitrogens with zero attached hydrogens (tertiary/aromatic N) is 1. The van der Waals surface area contributed by atoms with E-state index < -0.39 is 0 Å². The maximum Gasteiger partial charge on any atom is 0.136 e. The molecule has 2 rings (SSSR count). The van der Waals surface area contributed by atoms with Gasteiger partial charge in [0.15, 0.2) is 0 Å². The van der Waals surface area contributed by atoms with Crippen LogP contribution in [0.2, 0.25) is 0 Å². The van der Waals surface area contributed by atoms with Crippen LogP contribution in [0.4, 0.5) is 0 Å². The zero-order valence-corrected chi connectivity index (χ0v) is 17.5. The zero-order valence-electron chi connectivity index (χ0n) is 16.7. The second kappa shape index (κ2) is 12.3. The van der Waals surface area contributed by atoms with Crippen molar-refractivity contribution in [2.24, 2.45) is 5.92 Å². The largest absolute Gasteiger partial charge is 0.497 e. The summed E-state index contributed by atoms with van der Waals surface area (Å²) in [5.41, 5.74) is 1.34. The molecule has 0 saturated heterocycles. The Morgan fingerprint density at radius 3 is 2.42 bits per heavy atom. The minimum Gasteiger partial charge on any atom is -0.497 e. The molecule has 0 spiro atoms. The predicted molar refractivity (Wildman–Crippen MR) is 111 cm³/mol. The van der Waals surface area contributed by atoms with E-state index in [-0.39, 0.29) is 12.4 Å². The minimum atomic E-state index is 0. The number of ether oxygens (including phenoxy) is 1. The van der Waals surface area contributed by atoms with Crippen molar-refractivity contribution in [3.8, 4) is 5.75 Å². The topological polar surface area (TPSA) is 29.5 Å². The highest BCUT2D eigenvalue weighted by molar-refractivity contribution is 5.85. The van der Waals surface area contributed by atoms with E-state index in [9.17, 15) is 4.79 Å². The summed E-state index contributed by atoms with van der Waals surface area (Å²) >= 11 is 0. The molecule has 1 aromatic rings. The van der Waals surface area contributed by atoms with E-state index in [1.165, 1.54) is 24.8 Å². The highest BCUT2D eigenvalue weighted by Gasteiger charge is 2.21. The van der Waals surface area contributed by atoms with Gasteiger partial charge in [-0.2, -0.15) is 0 Å². The molecule has 0 amide bonds. The van der Waals surface area contributed by atoms with Crippen LogP contribution in [0.3, 0.4) is 0 Å². The number of likely N-dealkylation sites (N-methyl/N-ethyl adjacent to an activating group) is 1. The Hall–Kier alpha value is -1.06. The van der Waals surface area contributed by atoms with Gasteiger partial charge in [0, 0.05) is 18.4 Å². The molecule has 1 atom stereocenters. The van der Waals surface area contributed by atoms with Crippen molar-refractivity contribution in [2.45, 2.75) is 71.3 Å². The normalized spacial score (nSPS) is 16.2. The van der Waals surface area contributed by atoms with Crippen molar-refractivity contribution in [1.82, 2.24) is 4.90 Å². The van der Waals surface area contributed by atoms with E-state index in [0.717, 1.165) is 50.9 Å². The molecule has 26 heavy (non-hydrogen) atoms. The number of hydrogen-bond acceptors (Lipinski definition) is 3. The lowest BCUT2D eigenvalue weighted by molar-refractivity contribution is -0.124. The minimum absolute atomic E-state index is 0. The summed E-state index contributed by atoms with van der Waals surface area (Å²) in [6, 6.07) is 8.84. The summed E-state index contributed by atoms with van der Waals surface area (Å²) in [5, 5.41) is 0. The van der Waals surface area contributed by atoms with E-state index in [0.29, 0.717) is 17.7 Å². The monoisotopic (exact) mass is 381 g/mol. The Morgan fingerprint density at radius 1 is 1.19 bits per heavy atom. The molecule has 0 unspecified atom stereocenters. The van der Waals surface area contributed by atoms with Crippen LogP contribution in [-0.2, 0) is 11.2 Å². The lowest BCUT2D eigenvalue weighted by Gasteiger charge is -2.28. The Bertz CT molecular complexity index is 511. The van der Waals surface area contributed by atoms with E-state index in [1.807, 2.05) is 12.1 Å². The number of ketones is 1. The average molecular weight is 382 g/mol. The molecule has 0 aromatic heterocycles. The fourth-order valence-electron chi connectivity index (χ4n) is 4.01. The van der Waals surface area contributed by atoms with Crippen LogP contribution in [0.5, 0.6) is 5.75 Å². The van der Waals surface area contributed by atoms with Crippen molar-refractivity contribution in [1.29, 1.82) is 0 Å². The smallest absolute Gasteiger partial charge is 0.136 e. The van der Waals surface area contributed by atoms with Crippen LogP contribution in [-0.4, -0.2) is 36.9 Å². The lowest BCUT2D eigenvalue weighted by Crippen LogP contribution is -2.35. The van der Waals surface area contributed by atoms with Gasteiger partial charge < -0.3 is 9.64 Å².